The zero-order valence-electron chi connectivity index (χ0n) is 10.6. The minimum atomic E-state index is 0.626. The Labute approximate surface area is 102 Å². The molecule has 0 atom stereocenters. The fourth-order valence-corrected chi connectivity index (χ4v) is 1.96. The highest BCUT2D eigenvalue weighted by Crippen LogP contribution is 2.15. The van der Waals surface area contributed by atoms with Gasteiger partial charge in [0, 0.05) is 12.2 Å². The summed E-state index contributed by atoms with van der Waals surface area (Å²) in [5.74, 6) is 1.85. The Hall–Kier alpha value is -0.610. The first-order valence-electron chi connectivity index (χ1n) is 5.77. The molecule has 1 N–H and O–H groups in total. The summed E-state index contributed by atoms with van der Waals surface area (Å²) in [6.45, 7) is 10.3. The van der Waals surface area contributed by atoms with Gasteiger partial charge >= 0.3 is 0 Å². The van der Waals surface area contributed by atoms with Gasteiger partial charge in [-0.1, -0.05) is 20.8 Å². The lowest BCUT2D eigenvalue weighted by molar-refractivity contribution is 0.702. The Balaban J connectivity index is 2.65. The Bertz CT molecular complexity index is 326. The van der Waals surface area contributed by atoms with Crippen molar-refractivity contribution in [3.05, 3.63) is 23.3 Å². The van der Waals surface area contributed by atoms with Gasteiger partial charge in [-0.15, -0.1) is 0 Å². The summed E-state index contributed by atoms with van der Waals surface area (Å²) in [4.78, 5) is 9.00. The zero-order valence-corrected chi connectivity index (χ0v) is 11.4. The Morgan fingerprint density at radius 2 is 2.12 bits per heavy atom. The van der Waals surface area contributed by atoms with Crippen LogP contribution in [0.25, 0.3) is 0 Å². The predicted octanol–water partition coefficient (Wildman–Crippen LogP) is 2.54. The number of hydrogen-bond donors (Lipinski definition) is 1. The lowest BCUT2D eigenvalue weighted by Gasteiger charge is -2.07. The lowest BCUT2D eigenvalue weighted by atomic mass is 10.3. The van der Waals surface area contributed by atoms with Crippen molar-refractivity contribution in [2.45, 2.75) is 45.2 Å². The van der Waals surface area contributed by atoms with Crippen LogP contribution < -0.4 is 5.32 Å². The van der Waals surface area contributed by atoms with Crippen molar-refractivity contribution < 1.29 is 0 Å². The second-order valence-corrected chi connectivity index (χ2v) is 5.62. The van der Waals surface area contributed by atoms with Crippen LogP contribution in [0.4, 0.5) is 0 Å². The molecule has 0 saturated heterocycles. The maximum atomic E-state index is 4.55. The van der Waals surface area contributed by atoms with Crippen molar-refractivity contribution >= 4 is 11.8 Å². The number of nitrogens with one attached hydrogen (secondary N) is 1. The molecule has 0 amide bonds. The molecule has 1 heterocycles. The Morgan fingerprint density at radius 1 is 1.38 bits per heavy atom. The number of hydrogen-bond acceptors (Lipinski definition) is 4. The Morgan fingerprint density at radius 3 is 2.75 bits per heavy atom. The van der Waals surface area contributed by atoms with E-state index >= 15 is 0 Å². The van der Waals surface area contributed by atoms with E-state index in [0.717, 1.165) is 36.1 Å². The summed E-state index contributed by atoms with van der Waals surface area (Å²) >= 11 is 1.88. The summed E-state index contributed by atoms with van der Waals surface area (Å²) in [5.41, 5.74) is 2.15. The van der Waals surface area contributed by atoms with Gasteiger partial charge in [0.1, 0.15) is 5.82 Å². The molecule has 0 aliphatic rings. The molecule has 1 aromatic heterocycles. The van der Waals surface area contributed by atoms with Gasteiger partial charge in [0.25, 0.3) is 0 Å². The third kappa shape index (κ3) is 4.94. The van der Waals surface area contributed by atoms with Gasteiger partial charge in [0.15, 0.2) is 0 Å². The molecule has 1 aromatic rings. The number of nitrogens with zero attached hydrogens (tertiary/aromatic N) is 2. The smallest absolute Gasteiger partial charge is 0.138 e. The number of rotatable bonds is 6. The van der Waals surface area contributed by atoms with Crippen LogP contribution in [0.15, 0.2) is 6.07 Å². The fourth-order valence-electron chi connectivity index (χ4n) is 1.35. The first-order chi connectivity index (χ1) is 7.61. The largest absolute Gasteiger partial charge is 0.311 e. The molecule has 0 unspecified atom stereocenters. The third-order valence-electron chi connectivity index (χ3n) is 2.06. The van der Waals surface area contributed by atoms with Crippen LogP contribution in [-0.4, -0.2) is 21.8 Å². The second kappa shape index (κ2) is 6.86. The van der Waals surface area contributed by atoms with Gasteiger partial charge in [0.2, 0.25) is 0 Å². The molecule has 0 saturated carbocycles. The third-order valence-corrected chi connectivity index (χ3v) is 3.15. The van der Waals surface area contributed by atoms with E-state index in [1.54, 1.807) is 0 Å². The molecular weight excluding hydrogens is 218 g/mol. The lowest BCUT2D eigenvalue weighted by Crippen LogP contribution is -2.14. The second-order valence-electron chi connectivity index (χ2n) is 4.06. The highest BCUT2D eigenvalue weighted by molar-refractivity contribution is 7.99. The molecule has 16 heavy (non-hydrogen) atoms. The van der Waals surface area contributed by atoms with E-state index in [0.29, 0.717) is 5.25 Å². The molecule has 0 bridgehead atoms. The summed E-state index contributed by atoms with van der Waals surface area (Å²) in [6.07, 6.45) is 0. The van der Waals surface area contributed by atoms with Gasteiger partial charge in [-0.2, -0.15) is 11.8 Å². The number of aryl methyl sites for hydroxylation is 1. The quantitative estimate of drug-likeness (QED) is 0.828. The van der Waals surface area contributed by atoms with Crippen molar-refractivity contribution in [3.63, 3.8) is 0 Å². The topological polar surface area (TPSA) is 37.8 Å². The van der Waals surface area contributed by atoms with E-state index in [1.165, 1.54) is 0 Å². The van der Waals surface area contributed by atoms with Gasteiger partial charge in [-0.25, -0.2) is 9.97 Å². The molecule has 3 nitrogen and oxygen atoms in total. The molecule has 0 aromatic carbocycles. The highest BCUT2D eigenvalue weighted by atomic mass is 32.2. The van der Waals surface area contributed by atoms with Crippen LogP contribution in [0, 0.1) is 6.92 Å². The van der Waals surface area contributed by atoms with Gasteiger partial charge < -0.3 is 5.32 Å². The highest BCUT2D eigenvalue weighted by Gasteiger charge is 2.03. The normalized spacial score (nSPS) is 11.1. The van der Waals surface area contributed by atoms with E-state index in [2.05, 4.69) is 36.1 Å². The average molecular weight is 239 g/mol. The number of aromatic nitrogens is 2. The van der Waals surface area contributed by atoms with Crippen molar-refractivity contribution in [1.29, 1.82) is 0 Å². The van der Waals surface area contributed by atoms with E-state index in [9.17, 15) is 0 Å². The summed E-state index contributed by atoms with van der Waals surface area (Å²) in [7, 11) is 0. The average Bonchev–Trinajstić information content (AvgIpc) is 2.23. The van der Waals surface area contributed by atoms with E-state index in [4.69, 9.17) is 0 Å². The molecule has 0 radical (unpaired) electrons. The van der Waals surface area contributed by atoms with Crippen LogP contribution in [0.5, 0.6) is 0 Å². The van der Waals surface area contributed by atoms with Gasteiger partial charge in [-0.05, 0) is 24.8 Å². The van der Waals surface area contributed by atoms with E-state index in [1.807, 2.05) is 24.8 Å². The minimum Gasteiger partial charge on any atom is -0.311 e. The first kappa shape index (κ1) is 13.5. The molecule has 0 spiro atoms. The Kier molecular flexibility index (Phi) is 5.77. The van der Waals surface area contributed by atoms with Gasteiger partial charge in [0.05, 0.1) is 11.4 Å². The monoisotopic (exact) mass is 239 g/mol. The summed E-state index contributed by atoms with van der Waals surface area (Å²) < 4.78 is 0. The van der Waals surface area contributed by atoms with Crippen molar-refractivity contribution in [3.8, 4) is 0 Å². The standard InChI is InChI=1S/C12H21N3S/c1-5-13-7-11-6-10(4)14-12(15-11)8-16-9(2)3/h6,9,13H,5,7-8H2,1-4H3. The van der Waals surface area contributed by atoms with Crippen molar-refractivity contribution in [2.75, 3.05) is 6.54 Å². The summed E-state index contributed by atoms with van der Waals surface area (Å²) in [5, 5.41) is 3.91. The molecule has 1 rings (SSSR count). The van der Waals surface area contributed by atoms with E-state index in [-0.39, 0.29) is 0 Å². The molecular formula is C12H21N3S. The van der Waals surface area contributed by atoms with Crippen molar-refractivity contribution in [2.24, 2.45) is 0 Å². The predicted molar refractivity (Wildman–Crippen MR) is 70.6 cm³/mol. The zero-order chi connectivity index (χ0) is 12.0. The van der Waals surface area contributed by atoms with Gasteiger partial charge in [-0.3, -0.25) is 0 Å². The molecule has 0 aliphatic carbocycles. The molecule has 0 fully saturated rings. The molecule has 0 aliphatic heterocycles. The maximum Gasteiger partial charge on any atom is 0.138 e. The molecule has 4 heteroatoms. The van der Waals surface area contributed by atoms with Crippen LogP contribution in [0.1, 0.15) is 38.0 Å². The maximum absolute atomic E-state index is 4.55. The molecule has 90 valence electrons. The van der Waals surface area contributed by atoms with E-state index < -0.39 is 0 Å². The minimum absolute atomic E-state index is 0.626. The number of thioether (sulfide) groups is 1. The fraction of sp³-hybridized carbons (Fsp3) is 0.667. The van der Waals surface area contributed by atoms with Crippen LogP contribution in [0.3, 0.4) is 0 Å². The van der Waals surface area contributed by atoms with Crippen LogP contribution in [-0.2, 0) is 12.3 Å². The van der Waals surface area contributed by atoms with Crippen LogP contribution >= 0.6 is 11.8 Å². The SMILES string of the molecule is CCNCc1cc(C)nc(CSC(C)C)n1. The summed E-state index contributed by atoms with van der Waals surface area (Å²) in [6, 6.07) is 2.05. The first-order valence-corrected chi connectivity index (χ1v) is 6.82. The van der Waals surface area contributed by atoms with Crippen molar-refractivity contribution in [1.82, 2.24) is 15.3 Å². The van der Waals surface area contributed by atoms with Crippen LogP contribution in [0.2, 0.25) is 0 Å².